The van der Waals surface area contributed by atoms with E-state index in [1.54, 1.807) is 6.07 Å². The van der Waals surface area contributed by atoms with Crippen molar-refractivity contribution in [2.75, 3.05) is 13.1 Å². The van der Waals surface area contributed by atoms with Crippen molar-refractivity contribution in [1.82, 2.24) is 10.6 Å². The fraction of sp³-hybridized carbons (Fsp3) is 0.500. The zero-order valence-electron chi connectivity index (χ0n) is 11.5. The number of nitrogens with one attached hydrogen (secondary N) is 2. The summed E-state index contributed by atoms with van der Waals surface area (Å²) in [5, 5.41) is 6.13. The highest BCUT2D eigenvalue weighted by atomic mass is 79.9. The fourth-order valence-electron chi connectivity index (χ4n) is 1.64. The summed E-state index contributed by atoms with van der Waals surface area (Å²) >= 11 is 3.35. The molecule has 2 N–H and O–H groups in total. The van der Waals surface area contributed by atoms with Crippen molar-refractivity contribution >= 4 is 21.8 Å². The standard InChI is InChI=1S/C14H20BrFN2O/c1-9(2)14(19)18-7-6-17-10(3)12-5-4-11(16)8-13(12)15/h4-5,8-10,17H,6-7H2,1-3H3,(H,18,19). The molecule has 1 rings (SSSR count). The molecule has 0 aromatic heterocycles. The second-order valence-corrected chi connectivity index (χ2v) is 5.64. The Morgan fingerprint density at radius 1 is 1.32 bits per heavy atom. The van der Waals surface area contributed by atoms with E-state index in [0.29, 0.717) is 13.1 Å². The summed E-state index contributed by atoms with van der Waals surface area (Å²) in [7, 11) is 0. The Bertz CT molecular complexity index is 437. The third-order valence-electron chi connectivity index (χ3n) is 2.83. The number of rotatable bonds is 6. The van der Waals surface area contributed by atoms with Gasteiger partial charge in [0.25, 0.3) is 0 Å². The van der Waals surface area contributed by atoms with E-state index in [1.165, 1.54) is 12.1 Å². The first-order chi connectivity index (χ1) is 8.91. The molecule has 0 saturated heterocycles. The van der Waals surface area contributed by atoms with Crippen LogP contribution in [-0.4, -0.2) is 19.0 Å². The van der Waals surface area contributed by atoms with E-state index in [-0.39, 0.29) is 23.7 Å². The van der Waals surface area contributed by atoms with Gasteiger partial charge in [0.2, 0.25) is 5.91 Å². The molecule has 0 radical (unpaired) electrons. The molecule has 0 spiro atoms. The molecule has 1 aromatic carbocycles. The summed E-state index contributed by atoms with van der Waals surface area (Å²) in [5.41, 5.74) is 0.997. The van der Waals surface area contributed by atoms with E-state index in [9.17, 15) is 9.18 Å². The summed E-state index contributed by atoms with van der Waals surface area (Å²) < 4.78 is 13.7. The van der Waals surface area contributed by atoms with Crippen molar-refractivity contribution < 1.29 is 9.18 Å². The fourth-order valence-corrected chi connectivity index (χ4v) is 2.34. The third kappa shape index (κ3) is 5.28. The van der Waals surface area contributed by atoms with Crippen LogP contribution in [0.2, 0.25) is 0 Å². The molecule has 5 heteroatoms. The average Bonchev–Trinajstić information content (AvgIpc) is 2.33. The van der Waals surface area contributed by atoms with Gasteiger partial charge in [-0.1, -0.05) is 35.8 Å². The summed E-state index contributed by atoms with van der Waals surface area (Å²) in [4.78, 5) is 11.4. The van der Waals surface area contributed by atoms with Crippen LogP contribution < -0.4 is 10.6 Å². The molecule has 0 saturated carbocycles. The number of carbonyl (C=O) groups is 1. The molecule has 0 aliphatic heterocycles. The van der Waals surface area contributed by atoms with E-state index in [0.717, 1.165) is 10.0 Å². The van der Waals surface area contributed by atoms with E-state index in [4.69, 9.17) is 0 Å². The lowest BCUT2D eigenvalue weighted by Crippen LogP contribution is -2.35. The Labute approximate surface area is 122 Å². The molecule has 1 amide bonds. The topological polar surface area (TPSA) is 41.1 Å². The number of hydrogen-bond donors (Lipinski definition) is 2. The lowest BCUT2D eigenvalue weighted by molar-refractivity contribution is -0.123. The highest BCUT2D eigenvalue weighted by Gasteiger charge is 2.10. The second kappa shape index (κ2) is 7.60. The van der Waals surface area contributed by atoms with Crippen LogP contribution in [0, 0.1) is 11.7 Å². The van der Waals surface area contributed by atoms with Crippen molar-refractivity contribution in [3.63, 3.8) is 0 Å². The minimum Gasteiger partial charge on any atom is -0.355 e. The molecule has 0 aliphatic carbocycles. The van der Waals surface area contributed by atoms with Crippen LogP contribution in [0.5, 0.6) is 0 Å². The highest BCUT2D eigenvalue weighted by molar-refractivity contribution is 9.10. The van der Waals surface area contributed by atoms with Gasteiger partial charge in [-0.25, -0.2) is 4.39 Å². The zero-order valence-corrected chi connectivity index (χ0v) is 13.1. The quantitative estimate of drug-likeness (QED) is 0.787. The zero-order chi connectivity index (χ0) is 14.4. The Morgan fingerprint density at radius 3 is 2.58 bits per heavy atom. The van der Waals surface area contributed by atoms with Crippen LogP contribution in [0.15, 0.2) is 22.7 Å². The Kier molecular flexibility index (Phi) is 6.45. The van der Waals surface area contributed by atoms with Crippen LogP contribution in [0.25, 0.3) is 0 Å². The van der Waals surface area contributed by atoms with Gasteiger partial charge in [-0.3, -0.25) is 4.79 Å². The summed E-state index contributed by atoms with van der Waals surface area (Å²) in [5.74, 6) is -0.201. The van der Waals surface area contributed by atoms with Crippen LogP contribution in [0.1, 0.15) is 32.4 Å². The maximum absolute atomic E-state index is 13.0. The predicted octanol–water partition coefficient (Wildman–Crippen LogP) is 3.01. The van der Waals surface area contributed by atoms with Gasteiger partial charge in [0.1, 0.15) is 5.82 Å². The molecule has 1 atom stereocenters. The van der Waals surface area contributed by atoms with Gasteiger partial charge < -0.3 is 10.6 Å². The van der Waals surface area contributed by atoms with Crippen LogP contribution in [0.4, 0.5) is 4.39 Å². The lowest BCUT2D eigenvalue weighted by Gasteiger charge is -2.16. The van der Waals surface area contributed by atoms with Crippen molar-refractivity contribution in [2.24, 2.45) is 5.92 Å². The molecular weight excluding hydrogens is 311 g/mol. The van der Waals surface area contributed by atoms with Gasteiger partial charge >= 0.3 is 0 Å². The van der Waals surface area contributed by atoms with E-state index in [1.807, 2.05) is 20.8 Å². The molecule has 0 bridgehead atoms. The maximum atomic E-state index is 13.0. The number of hydrogen-bond acceptors (Lipinski definition) is 2. The predicted molar refractivity (Wildman–Crippen MR) is 78.4 cm³/mol. The maximum Gasteiger partial charge on any atom is 0.222 e. The van der Waals surface area contributed by atoms with Gasteiger partial charge in [-0.15, -0.1) is 0 Å². The van der Waals surface area contributed by atoms with Gasteiger partial charge in [-0.2, -0.15) is 0 Å². The van der Waals surface area contributed by atoms with Crippen molar-refractivity contribution in [2.45, 2.75) is 26.8 Å². The minimum absolute atomic E-state index is 0.00339. The van der Waals surface area contributed by atoms with Gasteiger partial charge in [0.15, 0.2) is 0 Å². The minimum atomic E-state index is -0.257. The van der Waals surface area contributed by atoms with Crippen molar-refractivity contribution in [3.8, 4) is 0 Å². The second-order valence-electron chi connectivity index (χ2n) is 4.79. The molecule has 106 valence electrons. The Morgan fingerprint density at radius 2 is 2.00 bits per heavy atom. The molecule has 0 heterocycles. The largest absolute Gasteiger partial charge is 0.355 e. The summed E-state index contributed by atoms with van der Waals surface area (Å²) in [6.07, 6.45) is 0. The highest BCUT2D eigenvalue weighted by Crippen LogP contribution is 2.23. The SMILES string of the molecule is CC(C)C(=O)NCCNC(C)c1ccc(F)cc1Br. The van der Waals surface area contributed by atoms with Gasteiger partial charge in [-0.05, 0) is 24.6 Å². The number of halogens is 2. The van der Waals surface area contributed by atoms with Gasteiger partial charge in [0.05, 0.1) is 0 Å². The molecule has 3 nitrogen and oxygen atoms in total. The van der Waals surface area contributed by atoms with E-state index < -0.39 is 0 Å². The van der Waals surface area contributed by atoms with Crippen LogP contribution >= 0.6 is 15.9 Å². The monoisotopic (exact) mass is 330 g/mol. The van der Waals surface area contributed by atoms with Crippen LogP contribution in [0.3, 0.4) is 0 Å². The smallest absolute Gasteiger partial charge is 0.222 e. The average molecular weight is 331 g/mol. The summed E-state index contributed by atoms with van der Waals surface area (Å²) in [6.45, 7) is 6.98. The Balaban J connectivity index is 2.39. The molecule has 19 heavy (non-hydrogen) atoms. The molecule has 1 unspecified atom stereocenters. The van der Waals surface area contributed by atoms with E-state index in [2.05, 4.69) is 26.6 Å². The Hall–Kier alpha value is -0.940. The first kappa shape index (κ1) is 16.1. The number of amides is 1. The number of carbonyl (C=O) groups excluding carboxylic acids is 1. The van der Waals surface area contributed by atoms with Crippen molar-refractivity contribution in [3.05, 3.63) is 34.1 Å². The number of benzene rings is 1. The molecular formula is C14H20BrFN2O. The van der Waals surface area contributed by atoms with Crippen molar-refractivity contribution in [1.29, 1.82) is 0 Å². The molecule has 0 fully saturated rings. The van der Waals surface area contributed by atoms with Gasteiger partial charge in [0, 0.05) is 29.5 Å². The third-order valence-corrected chi connectivity index (χ3v) is 3.51. The van der Waals surface area contributed by atoms with Crippen LogP contribution in [-0.2, 0) is 4.79 Å². The lowest BCUT2D eigenvalue weighted by atomic mass is 10.1. The molecule has 1 aromatic rings. The normalized spacial score (nSPS) is 12.5. The summed E-state index contributed by atoms with van der Waals surface area (Å²) in [6, 6.07) is 4.74. The first-order valence-electron chi connectivity index (χ1n) is 6.38. The van der Waals surface area contributed by atoms with E-state index >= 15 is 0 Å². The molecule has 0 aliphatic rings. The first-order valence-corrected chi connectivity index (χ1v) is 7.17.